The van der Waals surface area contributed by atoms with Gasteiger partial charge in [0.25, 0.3) is 0 Å². The van der Waals surface area contributed by atoms with Crippen LogP contribution in [0, 0.1) is 0 Å². The summed E-state index contributed by atoms with van der Waals surface area (Å²) < 4.78 is 36.9. The highest BCUT2D eigenvalue weighted by molar-refractivity contribution is 5.20. The molecule has 0 aromatic carbocycles. The van der Waals surface area contributed by atoms with Gasteiger partial charge in [-0.15, -0.1) is 0 Å². The molecule has 0 amide bonds. The van der Waals surface area contributed by atoms with E-state index < -0.39 is 11.9 Å². The summed E-state index contributed by atoms with van der Waals surface area (Å²) in [5, 5.41) is 0. The number of rotatable bonds is 1. The molecule has 2 heterocycles. The Morgan fingerprint density at radius 3 is 2.56 bits per heavy atom. The van der Waals surface area contributed by atoms with Crippen LogP contribution in [0.3, 0.4) is 0 Å². The SMILES string of the molecule is CN1CCCC1c1ccc(C(F)(F)F)nc1. The number of aromatic nitrogens is 1. The average molecular weight is 230 g/mol. The Balaban J connectivity index is 2.19. The van der Waals surface area contributed by atoms with E-state index in [2.05, 4.69) is 9.88 Å². The summed E-state index contributed by atoms with van der Waals surface area (Å²) in [6.45, 7) is 0.992. The second kappa shape index (κ2) is 4.05. The van der Waals surface area contributed by atoms with Gasteiger partial charge in [-0.25, -0.2) is 0 Å². The molecule has 1 aromatic rings. The van der Waals surface area contributed by atoms with Gasteiger partial charge >= 0.3 is 6.18 Å². The minimum atomic E-state index is -4.35. The molecule has 1 aromatic heterocycles. The fraction of sp³-hybridized carbons (Fsp3) is 0.545. The zero-order valence-electron chi connectivity index (χ0n) is 8.96. The summed E-state index contributed by atoms with van der Waals surface area (Å²) in [7, 11) is 1.98. The van der Waals surface area contributed by atoms with Crippen molar-refractivity contribution < 1.29 is 13.2 Å². The standard InChI is InChI=1S/C11H13F3N2/c1-16-6-2-3-9(16)8-4-5-10(15-7-8)11(12,13)14/h4-5,7,9H,2-3,6H2,1H3. The quantitative estimate of drug-likeness (QED) is 0.737. The van der Waals surface area contributed by atoms with Crippen molar-refractivity contribution in [3.8, 4) is 0 Å². The fourth-order valence-electron chi connectivity index (χ4n) is 2.10. The van der Waals surface area contributed by atoms with Crippen molar-refractivity contribution in [3.05, 3.63) is 29.6 Å². The van der Waals surface area contributed by atoms with Gasteiger partial charge in [0, 0.05) is 12.2 Å². The molecule has 16 heavy (non-hydrogen) atoms. The van der Waals surface area contributed by atoms with Crippen molar-refractivity contribution in [3.63, 3.8) is 0 Å². The Morgan fingerprint density at radius 2 is 2.12 bits per heavy atom. The Bertz CT molecular complexity index is 358. The van der Waals surface area contributed by atoms with Gasteiger partial charge < -0.3 is 0 Å². The highest BCUT2D eigenvalue weighted by Gasteiger charge is 2.32. The lowest BCUT2D eigenvalue weighted by Gasteiger charge is -2.19. The van der Waals surface area contributed by atoms with Crippen LogP contribution in [-0.2, 0) is 6.18 Å². The summed E-state index contributed by atoms with van der Waals surface area (Å²) in [5.74, 6) is 0. The minimum absolute atomic E-state index is 0.217. The first-order valence-electron chi connectivity index (χ1n) is 5.22. The van der Waals surface area contributed by atoms with Gasteiger partial charge in [-0.05, 0) is 38.1 Å². The van der Waals surface area contributed by atoms with Crippen LogP contribution in [0.15, 0.2) is 18.3 Å². The normalized spacial score (nSPS) is 22.6. The van der Waals surface area contributed by atoms with Crippen molar-refractivity contribution in [2.45, 2.75) is 25.1 Å². The van der Waals surface area contributed by atoms with Crippen LogP contribution in [0.25, 0.3) is 0 Å². The van der Waals surface area contributed by atoms with Crippen molar-refractivity contribution in [2.24, 2.45) is 0 Å². The molecular weight excluding hydrogens is 217 g/mol. The highest BCUT2D eigenvalue weighted by atomic mass is 19.4. The van der Waals surface area contributed by atoms with Crippen molar-refractivity contribution >= 4 is 0 Å². The maximum Gasteiger partial charge on any atom is 0.433 e. The predicted molar refractivity (Wildman–Crippen MR) is 53.8 cm³/mol. The van der Waals surface area contributed by atoms with Crippen molar-refractivity contribution in [1.29, 1.82) is 0 Å². The lowest BCUT2D eigenvalue weighted by atomic mass is 10.1. The van der Waals surface area contributed by atoms with Gasteiger partial charge in [0.1, 0.15) is 5.69 Å². The number of hydrogen-bond acceptors (Lipinski definition) is 2. The lowest BCUT2D eigenvalue weighted by molar-refractivity contribution is -0.141. The van der Waals surface area contributed by atoms with E-state index in [4.69, 9.17) is 0 Å². The Kier molecular flexibility index (Phi) is 2.88. The number of nitrogens with zero attached hydrogens (tertiary/aromatic N) is 2. The van der Waals surface area contributed by atoms with Gasteiger partial charge in [-0.2, -0.15) is 13.2 Å². The maximum absolute atomic E-state index is 12.3. The largest absolute Gasteiger partial charge is 0.433 e. The molecular formula is C11H13F3N2. The Labute approximate surface area is 92.1 Å². The average Bonchev–Trinajstić information content (AvgIpc) is 2.63. The molecule has 1 atom stereocenters. The zero-order valence-corrected chi connectivity index (χ0v) is 8.96. The molecule has 1 aliphatic heterocycles. The van der Waals surface area contributed by atoms with E-state index in [0.717, 1.165) is 31.0 Å². The highest BCUT2D eigenvalue weighted by Crippen LogP contribution is 2.32. The summed E-state index contributed by atoms with van der Waals surface area (Å²) >= 11 is 0. The Morgan fingerprint density at radius 1 is 1.38 bits per heavy atom. The molecule has 5 heteroatoms. The van der Waals surface area contributed by atoms with E-state index in [1.165, 1.54) is 12.3 Å². The first-order chi connectivity index (χ1) is 7.48. The van der Waals surface area contributed by atoms with Crippen LogP contribution < -0.4 is 0 Å². The molecule has 1 saturated heterocycles. The number of hydrogen-bond donors (Lipinski definition) is 0. The maximum atomic E-state index is 12.3. The van der Waals surface area contributed by atoms with Crippen LogP contribution >= 0.6 is 0 Å². The molecule has 2 rings (SSSR count). The zero-order chi connectivity index (χ0) is 11.8. The van der Waals surface area contributed by atoms with E-state index in [1.54, 1.807) is 0 Å². The summed E-state index contributed by atoms with van der Waals surface area (Å²) in [5.41, 5.74) is 0.0462. The molecule has 2 nitrogen and oxygen atoms in total. The summed E-state index contributed by atoms with van der Waals surface area (Å²) in [4.78, 5) is 5.62. The molecule has 1 aliphatic rings. The minimum Gasteiger partial charge on any atom is -0.299 e. The molecule has 0 saturated carbocycles. The van der Waals surface area contributed by atoms with Crippen molar-refractivity contribution in [2.75, 3.05) is 13.6 Å². The molecule has 0 radical (unpaired) electrons. The summed E-state index contributed by atoms with van der Waals surface area (Å²) in [6.07, 6.45) is -0.929. The number of alkyl halides is 3. The predicted octanol–water partition coefficient (Wildman–Crippen LogP) is 2.87. The van der Waals surface area contributed by atoms with Crippen LogP contribution in [0.4, 0.5) is 13.2 Å². The van der Waals surface area contributed by atoms with Gasteiger partial charge in [-0.3, -0.25) is 9.88 Å². The number of halogens is 3. The molecule has 88 valence electrons. The van der Waals surface area contributed by atoms with Crippen molar-refractivity contribution in [1.82, 2.24) is 9.88 Å². The smallest absolute Gasteiger partial charge is 0.299 e. The molecule has 1 unspecified atom stereocenters. The van der Waals surface area contributed by atoms with Crippen LogP contribution in [-0.4, -0.2) is 23.5 Å². The third kappa shape index (κ3) is 2.19. The van der Waals surface area contributed by atoms with E-state index in [-0.39, 0.29) is 6.04 Å². The molecule has 1 fully saturated rings. The molecule has 0 N–H and O–H groups in total. The molecule has 0 spiro atoms. The van der Waals surface area contributed by atoms with Gasteiger partial charge in [0.05, 0.1) is 0 Å². The third-order valence-electron chi connectivity index (χ3n) is 2.98. The second-order valence-electron chi connectivity index (χ2n) is 4.11. The van der Waals surface area contributed by atoms with E-state index >= 15 is 0 Å². The topological polar surface area (TPSA) is 16.1 Å². The third-order valence-corrected chi connectivity index (χ3v) is 2.98. The number of pyridine rings is 1. The second-order valence-corrected chi connectivity index (χ2v) is 4.11. The van der Waals surface area contributed by atoms with Gasteiger partial charge in [0.15, 0.2) is 0 Å². The van der Waals surface area contributed by atoms with E-state index in [0.29, 0.717) is 0 Å². The lowest BCUT2D eigenvalue weighted by Crippen LogP contribution is -2.18. The Hall–Kier alpha value is -1.10. The van der Waals surface area contributed by atoms with Gasteiger partial charge in [-0.1, -0.05) is 6.07 Å². The number of likely N-dealkylation sites (tertiary alicyclic amines) is 1. The van der Waals surface area contributed by atoms with Crippen LogP contribution in [0.1, 0.15) is 30.1 Å². The van der Waals surface area contributed by atoms with Crippen LogP contribution in [0.5, 0.6) is 0 Å². The van der Waals surface area contributed by atoms with E-state index in [1.807, 2.05) is 7.05 Å². The van der Waals surface area contributed by atoms with E-state index in [9.17, 15) is 13.2 Å². The fourth-order valence-corrected chi connectivity index (χ4v) is 2.10. The monoisotopic (exact) mass is 230 g/mol. The first kappa shape index (κ1) is 11.4. The summed E-state index contributed by atoms with van der Waals surface area (Å²) in [6, 6.07) is 2.80. The van der Waals surface area contributed by atoms with Gasteiger partial charge in [0.2, 0.25) is 0 Å². The molecule has 0 aliphatic carbocycles. The molecule has 0 bridgehead atoms. The van der Waals surface area contributed by atoms with Crippen LogP contribution in [0.2, 0.25) is 0 Å². The first-order valence-corrected chi connectivity index (χ1v) is 5.22.